The molecule has 0 unspecified atom stereocenters. The van der Waals surface area contributed by atoms with Crippen molar-refractivity contribution in [2.24, 2.45) is 5.92 Å². The highest BCUT2D eigenvalue weighted by Gasteiger charge is 2.34. The van der Waals surface area contributed by atoms with Crippen LogP contribution in [0.25, 0.3) is 0 Å². The lowest BCUT2D eigenvalue weighted by Gasteiger charge is -2.36. The first kappa shape index (κ1) is 20.6. The van der Waals surface area contributed by atoms with E-state index in [2.05, 4.69) is 4.90 Å². The summed E-state index contributed by atoms with van der Waals surface area (Å²) in [5, 5.41) is 12.7. The van der Waals surface area contributed by atoms with Crippen molar-refractivity contribution in [1.29, 1.82) is 0 Å². The number of thiophene rings is 1. The Morgan fingerprint density at radius 3 is 2.64 bits per heavy atom. The van der Waals surface area contributed by atoms with Gasteiger partial charge in [0.2, 0.25) is 0 Å². The van der Waals surface area contributed by atoms with Crippen molar-refractivity contribution < 1.29 is 14.6 Å². The van der Waals surface area contributed by atoms with Gasteiger partial charge in [-0.2, -0.15) is 0 Å². The minimum atomic E-state index is -0.311. The Bertz CT molecular complexity index is 867. The zero-order chi connectivity index (χ0) is 20.3. The first-order valence-corrected chi connectivity index (χ1v) is 10.7. The van der Waals surface area contributed by atoms with Crippen molar-refractivity contribution in [3.05, 3.63) is 50.1 Å². The summed E-state index contributed by atoms with van der Waals surface area (Å²) in [6.45, 7) is 7.87. The molecule has 0 bridgehead atoms. The second-order valence-electron chi connectivity index (χ2n) is 7.11. The standard InChI is InChI=1S/C21H28N2O4S/c1-4-23-14(3)13-16(24)18(20(23)25)19(17-7-6-12-28-17)22-10-8-15(9-11-22)21(26)27-5-2/h6-7,12-13,15,19,24H,4-5,8-11H2,1-3H3/t19-/m0/s1. The van der Waals surface area contributed by atoms with Crippen LogP contribution in [-0.4, -0.2) is 40.2 Å². The summed E-state index contributed by atoms with van der Waals surface area (Å²) in [6, 6.07) is 5.32. The molecule has 0 spiro atoms. The van der Waals surface area contributed by atoms with E-state index in [-0.39, 0.29) is 29.2 Å². The number of hydrogen-bond acceptors (Lipinski definition) is 6. The molecule has 28 heavy (non-hydrogen) atoms. The molecule has 2 aromatic heterocycles. The van der Waals surface area contributed by atoms with Crippen LogP contribution in [-0.2, 0) is 16.1 Å². The van der Waals surface area contributed by atoms with Crippen molar-refractivity contribution >= 4 is 17.3 Å². The summed E-state index contributed by atoms with van der Waals surface area (Å²) < 4.78 is 6.86. The molecule has 1 fully saturated rings. The molecule has 1 aliphatic rings. The number of aromatic hydroxyl groups is 1. The van der Waals surface area contributed by atoms with Crippen LogP contribution in [0.1, 0.15) is 48.9 Å². The molecule has 3 heterocycles. The number of nitrogens with zero attached hydrogens (tertiary/aromatic N) is 2. The van der Waals surface area contributed by atoms with Crippen LogP contribution >= 0.6 is 11.3 Å². The van der Waals surface area contributed by atoms with E-state index in [1.807, 2.05) is 38.3 Å². The highest BCUT2D eigenvalue weighted by molar-refractivity contribution is 7.10. The normalized spacial score (nSPS) is 16.8. The molecule has 3 rings (SSSR count). The fourth-order valence-corrected chi connectivity index (χ4v) is 4.89. The van der Waals surface area contributed by atoms with Gasteiger partial charge in [0.25, 0.3) is 5.56 Å². The zero-order valence-corrected chi connectivity index (χ0v) is 17.5. The van der Waals surface area contributed by atoms with Crippen LogP contribution in [0.15, 0.2) is 28.4 Å². The summed E-state index contributed by atoms with van der Waals surface area (Å²) >= 11 is 1.58. The largest absolute Gasteiger partial charge is 0.507 e. The molecule has 0 amide bonds. The summed E-state index contributed by atoms with van der Waals surface area (Å²) in [5.41, 5.74) is 1.02. The van der Waals surface area contributed by atoms with Gasteiger partial charge in [-0.1, -0.05) is 6.07 Å². The maximum Gasteiger partial charge on any atom is 0.309 e. The van der Waals surface area contributed by atoms with Crippen LogP contribution in [0.2, 0.25) is 0 Å². The van der Waals surface area contributed by atoms with Gasteiger partial charge in [-0.25, -0.2) is 0 Å². The van der Waals surface area contributed by atoms with Crippen molar-refractivity contribution in [3.8, 4) is 5.75 Å². The molecule has 1 N–H and O–H groups in total. The Morgan fingerprint density at radius 1 is 1.36 bits per heavy atom. The van der Waals surface area contributed by atoms with E-state index in [4.69, 9.17) is 4.74 Å². The van der Waals surface area contributed by atoms with Crippen molar-refractivity contribution in [2.75, 3.05) is 19.7 Å². The third kappa shape index (κ3) is 4.00. The first-order chi connectivity index (χ1) is 13.5. The number of esters is 1. The molecule has 0 radical (unpaired) electrons. The van der Waals surface area contributed by atoms with Gasteiger partial charge in [0, 0.05) is 17.1 Å². The molecular weight excluding hydrogens is 376 g/mol. The second kappa shape index (κ2) is 8.92. The van der Waals surface area contributed by atoms with Crippen LogP contribution in [0.3, 0.4) is 0 Å². The van der Waals surface area contributed by atoms with E-state index in [0.29, 0.717) is 44.6 Å². The van der Waals surface area contributed by atoms with Gasteiger partial charge in [-0.05, 0) is 64.2 Å². The van der Waals surface area contributed by atoms with Crippen LogP contribution < -0.4 is 5.56 Å². The fourth-order valence-electron chi connectivity index (χ4n) is 4.02. The average Bonchev–Trinajstić information content (AvgIpc) is 3.20. The Balaban J connectivity index is 1.96. The Labute approximate surface area is 169 Å². The van der Waals surface area contributed by atoms with Gasteiger partial charge in [0.05, 0.1) is 24.1 Å². The molecule has 1 atom stereocenters. The number of aromatic nitrogens is 1. The van der Waals surface area contributed by atoms with Crippen molar-refractivity contribution in [2.45, 2.75) is 46.2 Å². The van der Waals surface area contributed by atoms with Crippen LogP contribution in [0.4, 0.5) is 0 Å². The monoisotopic (exact) mass is 404 g/mol. The van der Waals surface area contributed by atoms with E-state index in [1.54, 1.807) is 22.0 Å². The van der Waals surface area contributed by atoms with Gasteiger partial charge < -0.3 is 14.4 Å². The van der Waals surface area contributed by atoms with E-state index < -0.39 is 0 Å². The Morgan fingerprint density at radius 2 is 2.07 bits per heavy atom. The lowest BCUT2D eigenvalue weighted by molar-refractivity contribution is -0.149. The lowest BCUT2D eigenvalue weighted by Crippen LogP contribution is -2.41. The molecular formula is C21H28N2O4S. The van der Waals surface area contributed by atoms with E-state index >= 15 is 0 Å². The number of likely N-dealkylation sites (tertiary alicyclic amines) is 1. The molecule has 0 aliphatic carbocycles. The van der Waals surface area contributed by atoms with Crippen molar-refractivity contribution in [3.63, 3.8) is 0 Å². The highest BCUT2D eigenvalue weighted by Crippen LogP contribution is 2.37. The minimum Gasteiger partial charge on any atom is -0.507 e. The van der Waals surface area contributed by atoms with Crippen molar-refractivity contribution in [1.82, 2.24) is 9.47 Å². The van der Waals surface area contributed by atoms with Gasteiger partial charge in [0.1, 0.15) is 5.75 Å². The van der Waals surface area contributed by atoms with Gasteiger partial charge in [-0.15, -0.1) is 11.3 Å². The lowest BCUT2D eigenvalue weighted by atomic mass is 9.93. The molecule has 1 saturated heterocycles. The Kier molecular flexibility index (Phi) is 6.57. The van der Waals surface area contributed by atoms with E-state index in [9.17, 15) is 14.7 Å². The number of aryl methyl sites for hydroxylation is 1. The number of carbonyl (C=O) groups excluding carboxylic acids is 1. The number of pyridine rings is 1. The number of hydrogen-bond donors (Lipinski definition) is 1. The number of ether oxygens (including phenoxy) is 1. The maximum absolute atomic E-state index is 13.2. The van der Waals surface area contributed by atoms with Gasteiger partial charge in [0.15, 0.2) is 0 Å². The first-order valence-electron chi connectivity index (χ1n) is 9.85. The second-order valence-corrected chi connectivity index (χ2v) is 8.09. The topological polar surface area (TPSA) is 71.8 Å². The Hall–Kier alpha value is -2.12. The third-order valence-corrected chi connectivity index (χ3v) is 6.36. The van der Waals surface area contributed by atoms with E-state index in [1.165, 1.54) is 0 Å². The minimum absolute atomic E-state index is 0.0399. The summed E-state index contributed by atoms with van der Waals surface area (Å²) in [6.07, 6.45) is 1.38. The number of rotatable bonds is 6. The summed E-state index contributed by atoms with van der Waals surface area (Å²) in [4.78, 5) is 28.5. The fraction of sp³-hybridized carbons (Fsp3) is 0.524. The van der Waals surface area contributed by atoms with Gasteiger partial charge in [-0.3, -0.25) is 14.5 Å². The maximum atomic E-state index is 13.2. The van der Waals surface area contributed by atoms with Crippen LogP contribution in [0.5, 0.6) is 5.75 Å². The summed E-state index contributed by atoms with van der Waals surface area (Å²) in [7, 11) is 0. The molecule has 0 aromatic carbocycles. The molecule has 7 heteroatoms. The predicted octanol–water partition coefficient (Wildman–Crippen LogP) is 3.31. The molecule has 1 aliphatic heterocycles. The number of carbonyl (C=O) groups is 1. The smallest absolute Gasteiger partial charge is 0.309 e. The average molecular weight is 405 g/mol. The SMILES string of the molecule is CCOC(=O)C1CCN([C@@H](c2cccs2)c2c(O)cc(C)n(CC)c2=O)CC1. The highest BCUT2D eigenvalue weighted by atomic mass is 32.1. The van der Waals surface area contributed by atoms with Gasteiger partial charge >= 0.3 is 5.97 Å². The zero-order valence-electron chi connectivity index (χ0n) is 16.7. The van der Waals surface area contributed by atoms with Crippen LogP contribution in [0, 0.1) is 12.8 Å². The molecule has 2 aromatic rings. The molecule has 0 saturated carbocycles. The summed E-state index contributed by atoms with van der Waals surface area (Å²) in [5.74, 6) is -0.196. The molecule has 152 valence electrons. The molecule has 6 nitrogen and oxygen atoms in total. The quantitative estimate of drug-likeness (QED) is 0.748. The van der Waals surface area contributed by atoms with E-state index in [0.717, 1.165) is 10.6 Å². The number of piperidine rings is 1. The third-order valence-electron chi connectivity index (χ3n) is 5.44. The predicted molar refractivity (Wildman–Crippen MR) is 110 cm³/mol.